The van der Waals surface area contributed by atoms with Crippen LogP contribution in [0.5, 0.6) is 0 Å². The van der Waals surface area contributed by atoms with E-state index in [-0.39, 0.29) is 76.9 Å². The zero-order valence-electron chi connectivity index (χ0n) is 29.0. The molecule has 0 fully saturated rings. The van der Waals surface area contributed by atoms with Gasteiger partial charge in [-0.25, -0.2) is 35.5 Å². The van der Waals surface area contributed by atoms with E-state index in [4.69, 9.17) is 102 Å². The van der Waals surface area contributed by atoms with Crippen molar-refractivity contribution in [3.8, 4) is 0 Å². The van der Waals surface area contributed by atoms with Crippen LogP contribution in [0.25, 0.3) is 10.8 Å². The van der Waals surface area contributed by atoms with Crippen molar-refractivity contribution in [3.05, 3.63) is 36.4 Å². The van der Waals surface area contributed by atoms with Gasteiger partial charge in [0.1, 0.15) is 0 Å². The van der Waals surface area contributed by atoms with E-state index in [1.165, 1.54) is 33.6 Å². The number of nitrogens with zero attached hydrogens (tertiary/aromatic N) is 4. The average Bonchev–Trinajstić information content (AvgIpc) is 3.12. The van der Waals surface area contributed by atoms with Crippen molar-refractivity contribution in [2.45, 2.75) is 9.79 Å². The van der Waals surface area contributed by atoms with Crippen LogP contribution in [0.2, 0.25) is 0 Å². The van der Waals surface area contributed by atoms with Gasteiger partial charge < -0.3 is 9.05 Å². The van der Waals surface area contributed by atoms with Crippen LogP contribution >= 0.6 is 109 Å². The standard InChI is InChI=1S/C30H46Cl8N4O7P2S2/c31-7-15-39(16-8-32)50(40(17-9-33)18-10-34)48-23-25-52(44,45)29-5-1-4-28-27(29)3-2-6-30(28)53(46,47)26-24-49-51(43,41(19-11-35)20-12-36)42(21-13-37)22-14-38/h1-6H,7-26H2. The number of halogens is 8. The fourth-order valence-electron chi connectivity index (χ4n) is 5.27. The predicted octanol–water partition coefficient (Wildman–Crippen LogP) is 7.87. The molecule has 0 heterocycles. The summed E-state index contributed by atoms with van der Waals surface area (Å²) in [7, 11) is -13.5. The maximum absolute atomic E-state index is 14.4. The van der Waals surface area contributed by atoms with E-state index in [0.717, 1.165) is 0 Å². The van der Waals surface area contributed by atoms with Crippen LogP contribution in [0.15, 0.2) is 46.2 Å². The number of fused-ring (bicyclic) bond motifs is 1. The monoisotopic (exact) mass is 980 g/mol. The minimum Gasteiger partial charge on any atom is -0.330 e. The van der Waals surface area contributed by atoms with Gasteiger partial charge in [-0.05, 0) is 12.1 Å². The molecule has 306 valence electrons. The maximum Gasteiger partial charge on any atom is 0.346 e. The lowest BCUT2D eigenvalue weighted by atomic mass is 10.1. The summed E-state index contributed by atoms with van der Waals surface area (Å²) in [5, 5.41) is 0.438. The van der Waals surface area contributed by atoms with E-state index in [1.807, 2.05) is 9.34 Å². The quantitative estimate of drug-likeness (QED) is 0.0563. The Hall–Kier alpha value is 1.34. The molecule has 0 aliphatic heterocycles. The molecule has 0 saturated carbocycles. The van der Waals surface area contributed by atoms with Gasteiger partial charge in [-0.1, -0.05) is 24.3 Å². The van der Waals surface area contributed by atoms with Crippen LogP contribution in [0.3, 0.4) is 0 Å². The van der Waals surface area contributed by atoms with Crippen molar-refractivity contribution in [2.24, 2.45) is 0 Å². The molecule has 2 aromatic rings. The van der Waals surface area contributed by atoms with Gasteiger partial charge in [0.2, 0.25) is 0 Å². The molecule has 0 aliphatic rings. The molecule has 0 saturated heterocycles. The van der Waals surface area contributed by atoms with Gasteiger partial charge in [-0.2, -0.15) is 0 Å². The van der Waals surface area contributed by atoms with Gasteiger partial charge >= 0.3 is 7.67 Å². The minimum atomic E-state index is -4.10. The number of benzene rings is 2. The number of sulfone groups is 2. The Balaban J connectivity index is 2.39. The fraction of sp³-hybridized carbons (Fsp3) is 0.667. The van der Waals surface area contributed by atoms with Crippen LogP contribution in [0, 0.1) is 0 Å². The molecule has 0 unspecified atom stereocenters. The highest BCUT2D eigenvalue weighted by Gasteiger charge is 2.38. The van der Waals surface area contributed by atoms with E-state index >= 15 is 0 Å². The first kappa shape index (κ1) is 50.5. The van der Waals surface area contributed by atoms with Crippen LogP contribution in [0.4, 0.5) is 0 Å². The van der Waals surface area contributed by atoms with Gasteiger partial charge in [0.15, 0.2) is 28.1 Å². The van der Waals surface area contributed by atoms with Crippen LogP contribution in [-0.4, -0.2) is 160 Å². The first-order valence-corrected chi connectivity index (χ1v) is 26.8. The molecule has 53 heavy (non-hydrogen) atoms. The van der Waals surface area contributed by atoms with Crippen molar-refractivity contribution in [3.63, 3.8) is 0 Å². The first-order valence-electron chi connectivity index (χ1n) is 16.5. The number of rotatable bonds is 30. The average molecular weight is 984 g/mol. The summed E-state index contributed by atoms with van der Waals surface area (Å²) < 4.78 is 88.7. The molecule has 0 spiro atoms. The van der Waals surface area contributed by atoms with Gasteiger partial charge in [-0.3, -0.25) is 4.57 Å². The smallest absolute Gasteiger partial charge is 0.330 e. The molecule has 0 bridgehead atoms. The molecule has 0 amide bonds. The van der Waals surface area contributed by atoms with Crippen molar-refractivity contribution < 1.29 is 30.4 Å². The summed E-state index contributed by atoms with van der Waals surface area (Å²) in [5.74, 6) is 0.753. The molecular formula is C30H46Cl8N4O7P2S2. The predicted molar refractivity (Wildman–Crippen MR) is 227 cm³/mol. The van der Waals surface area contributed by atoms with E-state index in [9.17, 15) is 21.4 Å². The summed E-state index contributed by atoms with van der Waals surface area (Å²) in [6.45, 7) is 1.82. The Labute approximate surface area is 356 Å². The van der Waals surface area contributed by atoms with Crippen molar-refractivity contribution >= 4 is 139 Å². The van der Waals surface area contributed by atoms with E-state index in [0.29, 0.717) is 49.7 Å². The first-order chi connectivity index (χ1) is 25.3. The Morgan fingerprint density at radius 3 is 1.21 bits per heavy atom. The van der Waals surface area contributed by atoms with Crippen LogP contribution in [-0.2, 0) is 33.3 Å². The molecule has 0 N–H and O–H groups in total. The zero-order chi connectivity index (χ0) is 39.5. The topological polar surface area (TPSA) is 117 Å². The van der Waals surface area contributed by atoms with E-state index < -0.39 is 53.9 Å². The van der Waals surface area contributed by atoms with Crippen LogP contribution in [0.1, 0.15) is 0 Å². The van der Waals surface area contributed by atoms with E-state index in [1.54, 1.807) is 12.1 Å². The lowest BCUT2D eigenvalue weighted by Crippen LogP contribution is -2.38. The number of hydrogen-bond acceptors (Lipinski definition) is 9. The van der Waals surface area contributed by atoms with Crippen molar-refractivity contribution in [1.82, 2.24) is 18.7 Å². The zero-order valence-corrected chi connectivity index (χ0v) is 38.5. The number of alkyl halides is 8. The minimum absolute atomic E-state index is 0.0481. The maximum atomic E-state index is 14.4. The molecule has 0 aromatic heterocycles. The van der Waals surface area contributed by atoms with Gasteiger partial charge in [0, 0.05) is 110 Å². The lowest BCUT2D eigenvalue weighted by Gasteiger charge is -2.37. The van der Waals surface area contributed by atoms with E-state index in [2.05, 4.69) is 0 Å². The molecule has 11 nitrogen and oxygen atoms in total. The summed E-state index contributed by atoms with van der Waals surface area (Å²) in [6.07, 6.45) is 0. The Bertz CT molecular complexity index is 1580. The summed E-state index contributed by atoms with van der Waals surface area (Å²) in [5.41, 5.74) is 0. The molecule has 2 aromatic carbocycles. The Morgan fingerprint density at radius 2 is 0.868 bits per heavy atom. The van der Waals surface area contributed by atoms with Crippen LogP contribution < -0.4 is 0 Å². The fourth-order valence-corrected chi connectivity index (χ4v) is 15.2. The molecule has 23 heteroatoms. The van der Waals surface area contributed by atoms with Crippen molar-refractivity contribution in [1.29, 1.82) is 0 Å². The second-order valence-corrected chi connectivity index (χ2v) is 22.4. The third kappa shape index (κ3) is 15.1. The molecule has 0 radical (unpaired) electrons. The second kappa shape index (κ2) is 26.4. The normalized spacial score (nSPS) is 13.2. The highest BCUT2D eigenvalue weighted by molar-refractivity contribution is 7.92. The van der Waals surface area contributed by atoms with Gasteiger partial charge in [-0.15, -0.1) is 92.8 Å². The third-order valence-corrected chi connectivity index (χ3v) is 17.4. The van der Waals surface area contributed by atoms with Gasteiger partial charge in [0.25, 0.3) is 0 Å². The Kier molecular flexibility index (Phi) is 25.2. The van der Waals surface area contributed by atoms with Crippen molar-refractivity contribution in [2.75, 3.05) is 124 Å². The second-order valence-electron chi connectivity index (χ2n) is 11.0. The highest BCUT2D eigenvalue weighted by Crippen LogP contribution is 2.54. The summed E-state index contributed by atoms with van der Waals surface area (Å²) in [4.78, 5) is -0.148. The molecule has 0 aliphatic carbocycles. The SMILES string of the molecule is O=P(OCCS(=O)(=O)c1cccc2c(S(=O)(=O)CCOP(N(CCCl)CCCl)N(CCCl)CCCl)cccc12)(N(CCCl)CCCl)N(CCCl)CCCl. The summed E-state index contributed by atoms with van der Waals surface area (Å²) in [6, 6.07) is 8.90. The largest absolute Gasteiger partial charge is 0.346 e. The molecular weight excluding hydrogens is 938 g/mol. The third-order valence-electron chi connectivity index (χ3n) is 7.62. The van der Waals surface area contributed by atoms with Gasteiger partial charge in [0.05, 0.1) is 34.5 Å². The highest BCUT2D eigenvalue weighted by atomic mass is 35.5. The lowest BCUT2D eigenvalue weighted by molar-refractivity contribution is 0.226. The summed E-state index contributed by atoms with van der Waals surface area (Å²) >= 11 is 48.2. The Morgan fingerprint density at radius 1 is 0.528 bits per heavy atom. The molecule has 2 rings (SSSR count). The number of hydrogen-bond donors (Lipinski definition) is 0. The molecule has 0 atom stereocenters.